The van der Waals surface area contributed by atoms with Crippen LogP contribution in [-0.2, 0) is 13.0 Å². The molecule has 0 fully saturated rings. The highest BCUT2D eigenvalue weighted by atomic mass is 79.9. The van der Waals surface area contributed by atoms with Gasteiger partial charge in [-0.15, -0.1) is 5.10 Å². The topological polar surface area (TPSA) is 98.3 Å². The SMILES string of the molecule is CCc1nc2c(C)cc(C)nc2n1Cc1c2ccocc-2c(Br)c1-c1ccccc1-c1nnn[nH]1. The molecule has 0 radical (unpaired) electrons. The number of imidazole rings is 1. The first kappa shape index (κ1) is 21.7. The van der Waals surface area contributed by atoms with Gasteiger partial charge in [-0.1, -0.05) is 31.2 Å². The lowest BCUT2D eigenvalue weighted by Crippen LogP contribution is -2.07. The zero-order valence-electron chi connectivity index (χ0n) is 19.5. The zero-order chi connectivity index (χ0) is 24.1. The third kappa shape index (κ3) is 3.46. The molecule has 0 bridgehead atoms. The van der Waals surface area contributed by atoms with Crippen LogP contribution in [0.25, 0.3) is 44.8 Å². The van der Waals surface area contributed by atoms with Crippen molar-refractivity contribution >= 4 is 27.1 Å². The Kier molecular flexibility index (Phi) is 5.21. The molecular weight excluding hydrogens is 506 g/mol. The molecule has 4 heterocycles. The van der Waals surface area contributed by atoms with Crippen molar-refractivity contribution in [3.05, 3.63) is 76.0 Å². The minimum absolute atomic E-state index is 0.611. The van der Waals surface area contributed by atoms with Crippen molar-refractivity contribution < 1.29 is 4.42 Å². The van der Waals surface area contributed by atoms with Crippen LogP contribution in [0.15, 0.2) is 57.8 Å². The summed E-state index contributed by atoms with van der Waals surface area (Å²) in [4.78, 5) is 9.84. The predicted molar refractivity (Wildman–Crippen MR) is 137 cm³/mol. The van der Waals surface area contributed by atoms with E-state index in [1.54, 1.807) is 12.5 Å². The number of halogens is 1. The van der Waals surface area contributed by atoms with Gasteiger partial charge in [0.2, 0.25) is 0 Å². The van der Waals surface area contributed by atoms with Crippen LogP contribution in [0.5, 0.6) is 0 Å². The molecule has 3 aromatic heterocycles. The van der Waals surface area contributed by atoms with E-state index in [-0.39, 0.29) is 0 Å². The van der Waals surface area contributed by atoms with Crippen LogP contribution in [0.4, 0.5) is 0 Å². The fourth-order valence-corrected chi connectivity index (χ4v) is 5.63. The van der Waals surface area contributed by atoms with Crippen LogP contribution in [0.1, 0.15) is 29.6 Å². The largest absolute Gasteiger partial charge is 0.472 e. The van der Waals surface area contributed by atoms with Crippen molar-refractivity contribution in [1.29, 1.82) is 0 Å². The second-order valence-corrected chi connectivity index (χ2v) is 9.36. The van der Waals surface area contributed by atoms with Gasteiger partial charge in [0.05, 0.1) is 19.1 Å². The number of rotatable bonds is 5. The standard InChI is InChI=1S/C26H22BrN7O/c1-4-21-29-24-14(2)11-15(3)28-26(24)34(21)12-19-16-9-10-35-13-20(16)23(27)22(19)17-7-5-6-8-18(17)25-30-32-33-31-25/h5-11,13H,4,12H2,1-3H3,(H,30,31,32,33). The zero-order valence-corrected chi connectivity index (χ0v) is 21.1. The summed E-state index contributed by atoms with van der Waals surface area (Å²) in [5, 5.41) is 14.7. The highest BCUT2D eigenvalue weighted by molar-refractivity contribution is 9.10. The Balaban J connectivity index is 1.64. The molecule has 0 saturated carbocycles. The molecule has 0 amide bonds. The Hall–Kier alpha value is -3.85. The van der Waals surface area contributed by atoms with Gasteiger partial charge in [0.1, 0.15) is 11.3 Å². The highest BCUT2D eigenvalue weighted by Gasteiger charge is 2.27. The van der Waals surface area contributed by atoms with Gasteiger partial charge in [-0.05, 0) is 74.6 Å². The first-order valence-electron chi connectivity index (χ1n) is 11.4. The van der Waals surface area contributed by atoms with Gasteiger partial charge in [0.15, 0.2) is 11.5 Å². The normalized spacial score (nSPS) is 11.7. The maximum atomic E-state index is 5.56. The van der Waals surface area contributed by atoms with Crippen LogP contribution < -0.4 is 0 Å². The number of nitrogens with one attached hydrogen (secondary N) is 1. The molecule has 4 aromatic rings. The van der Waals surface area contributed by atoms with Crippen molar-refractivity contribution in [2.45, 2.75) is 33.7 Å². The molecule has 0 atom stereocenters. The number of pyridine rings is 1. The van der Waals surface area contributed by atoms with Crippen molar-refractivity contribution in [3.63, 3.8) is 0 Å². The summed E-state index contributed by atoms with van der Waals surface area (Å²) < 4.78 is 8.77. The molecule has 9 heteroatoms. The lowest BCUT2D eigenvalue weighted by molar-refractivity contribution is 0.551. The summed E-state index contributed by atoms with van der Waals surface area (Å²) in [5.41, 5.74) is 10.2. The van der Waals surface area contributed by atoms with Gasteiger partial charge < -0.3 is 8.98 Å². The van der Waals surface area contributed by atoms with E-state index in [1.807, 2.05) is 31.2 Å². The molecule has 1 aliphatic heterocycles. The molecule has 2 aliphatic rings. The third-order valence-corrected chi connectivity index (χ3v) is 7.23. The molecule has 1 aliphatic carbocycles. The Morgan fingerprint density at radius 2 is 1.86 bits per heavy atom. The average molecular weight is 528 g/mol. The quantitative estimate of drug-likeness (QED) is 0.296. The summed E-state index contributed by atoms with van der Waals surface area (Å²) in [6.07, 6.45) is 4.30. The highest BCUT2D eigenvalue weighted by Crippen LogP contribution is 2.48. The molecule has 1 aromatic carbocycles. The molecular formula is C26H22BrN7O. The second-order valence-electron chi connectivity index (χ2n) is 8.57. The lowest BCUT2D eigenvalue weighted by atomic mass is 9.97. The summed E-state index contributed by atoms with van der Waals surface area (Å²) in [5.74, 6) is 1.62. The van der Waals surface area contributed by atoms with E-state index in [0.29, 0.717) is 12.4 Å². The molecule has 0 spiro atoms. The monoisotopic (exact) mass is 527 g/mol. The molecule has 174 valence electrons. The molecule has 35 heavy (non-hydrogen) atoms. The minimum atomic E-state index is 0.611. The number of aromatic amines is 1. The Labute approximate surface area is 209 Å². The van der Waals surface area contributed by atoms with Crippen LogP contribution in [0.3, 0.4) is 0 Å². The Morgan fingerprint density at radius 3 is 2.63 bits per heavy atom. The van der Waals surface area contributed by atoms with E-state index < -0.39 is 0 Å². The minimum Gasteiger partial charge on any atom is -0.472 e. The van der Waals surface area contributed by atoms with Gasteiger partial charge in [0, 0.05) is 33.3 Å². The van der Waals surface area contributed by atoms with E-state index in [2.05, 4.69) is 67.1 Å². The Morgan fingerprint density at radius 1 is 1.03 bits per heavy atom. The van der Waals surface area contributed by atoms with Gasteiger partial charge in [0.25, 0.3) is 0 Å². The number of hydrogen-bond donors (Lipinski definition) is 1. The average Bonchev–Trinajstić information content (AvgIpc) is 3.58. The van der Waals surface area contributed by atoms with E-state index in [4.69, 9.17) is 14.4 Å². The van der Waals surface area contributed by atoms with Crippen LogP contribution in [0.2, 0.25) is 0 Å². The van der Waals surface area contributed by atoms with Gasteiger partial charge >= 0.3 is 0 Å². The number of H-pyrrole nitrogens is 1. The van der Waals surface area contributed by atoms with Crippen LogP contribution in [-0.4, -0.2) is 35.2 Å². The first-order valence-corrected chi connectivity index (χ1v) is 12.2. The number of tetrazole rings is 1. The fourth-order valence-electron chi connectivity index (χ4n) is 4.87. The van der Waals surface area contributed by atoms with Crippen molar-refractivity contribution in [2.24, 2.45) is 0 Å². The van der Waals surface area contributed by atoms with Crippen LogP contribution in [0, 0.1) is 13.8 Å². The van der Waals surface area contributed by atoms with Gasteiger partial charge in [-0.25, -0.2) is 15.1 Å². The molecule has 8 nitrogen and oxygen atoms in total. The van der Waals surface area contributed by atoms with Gasteiger partial charge in [-0.3, -0.25) is 0 Å². The summed E-state index contributed by atoms with van der Waals surface area (Å²) in [7, 11) is 0. The smallest absolute Gasteiger partial charge is 0.180 e. The number of aromatic nitrogens is 7. The number of fused-ring (bicyclic) bond motifs is 2. The maximum Gasteiger partial charge on any atom is 0.180 e. The summed E-state index contributed by atoms with van der Waals surface area (Å²) >= 11 is 3.89. The summed E-state index contributed by atoms with van der Waals surface area (Å²) in [6.45, 7) is 6.86. The van der Waals surface area contributed by atoms with E-state index in [1.165, 1.54) is 0 Å². The predicted octanol–water partition coefficient (Wildman–Crippen LogP) is 5.97. The van der Waals surface area contributed by atoms with E-state index in [0.717, 1.165) is 72.5 Å². The third-order valence-electron chi connectivity index (χ3n) is 6.40. The number of aryl methyl sites for hydroxylation is 3. The van der Waals surface area contributed by atoms with Crippen molar-refractivity contribution in [2.75, 3.05) is 0 Å². The van der Waals surface area contributed by atoms with E-state index in [9.17, 15) is 0 Å². The Bertz CT molecular complexity index is 1650. The number of nitrogens with zero attached hydrogens (tertiary/aromatic N) is 6. The van der Waals surface area contributed by atoms with Crippen molar-refractivity contribution in [3.8, 4) is 33.6 Å². The molecule has 0 unspecified atom stereocenters. The summed E-state index contributed by atoms with van der Waals surface area (Å²) in [6, 6.07) is 12.2. The maximum absolute atomic E-state index is 5.56. The molecule has 6 rings (SSSR count). The molecule has 0 saturated heterocycles. The van der Waals surface area contributed by atoms with Crippen molar-refractivity contribution in [1.82, 2.24) is 35.2 Å². The lowest BCUT2D eigenvalue weighted by Gasteiger charge is -2.13. The second kappa shape index (κ2) is 8.42. The fraction of sp³-hybridized carbons (Fsp3) is 0.192. The van der Waals surface area contributed by atoms with E-state index >= 15 is 0 Å². The first-order chi connectivity index (χ1) is 17.1. The van der Waals surface area contributed by atoms with Crippen LogP contribution >= 0.6 is 15.9 Å². The molecule has 1 N–H and O–H groups in total. The number of hydrogen-bond acceptors (Lipinski definition) is 6. The van der Waals surface area contributed by atoms with Gasteiger partial charge in [-0.2, -0.15) is 0 Å². The number of benzene rings is 1.